The number of rotatable bonds is 4. The third kappa shape index (κ3) is 2.85. The summed E-state index contributed by atoms with van der Waals surface area (Å²) in [5.74, 6) is 1.71. The number of hydrogen-bond donors (Lipinski definition) is 1. The van der Waals surface area contributed by atoms with Gasteiger partial charge in [-0.05, 0) is 45.1 Å². The molecule has 2 aromatic heterocycles. The molecule has 1 aliphatic carbocycles. The van der Waals surface area contributed by atoms with Crippen molar-refractivity contribution in [1.82, 2.24) is 20.3 Å². The highest BCUT2D eigenvalue weighted by atomic mass is 16.5. The van der Waals surface area contributed by atoms with Crippen molar-refractivity contribution >= 4 is 5.91 Å². The Morgan fingerprint density at radius 3 is 2.79 bits per heavy atom. The van der Waals surface area contributed by atoms with Crippen LogP contribution in [0.4, 0.5) is 0 Å². The number of aromatic nitrogens is 3. The Balaban J connectivity index is 1.38. The van der Waals surface area contributed by atoms with Crippen molar-refractivity contribution in [3.05, 3.63) is 34.0 Å². The number of nitrogens with zero attached hydrogens (tertiary/aromatic N) is 3. The van der Waals surface area contributed by atoms with Gasteiger partial charge in [-0.25, -0.2) is 0 Å². The SMILES string of the molecule is Cc1noc(C)c1CCC(=O)N1CCc2[nH]nc(C3CC3)c2CC1. The van der Waals surface area contributed by atoms with Crippen molar-refractivity contribution in [3.63, 3.8) is 0 Å². The predicted molar refractivity (Wildman–Crippen MR) is 88.8 cm³/mol. The number of aromatic amines is 1. The number of amides is 1. The average molecular weight is 328 g/mol. The molecule has 0 bridgehead atoms. The Morgan fingerprint density at radius 1 is 1.29 bits per heavy atom. The minimum Gasteiger partial charge on any atom is -0.361 e. The number of carbonyl (C=O) groups excluding carboxylic acids is 1. The summed E-state index contributed by atoms with van der Waals surface area (Å²) >= 11 is 0. The summed E-state index contributed by atoms with van der Waals surface area (Å²) in [5, 5.41) is 11.7. The summed E-state index contributed by atoms with van der Waals surface area (Å²) in [6, 6.07) is 0. The minimum absolute atomic E-state index is 0.223. The number of hydrogen-bond acceptors (Lipinski definition) is 4. The van der Waals surface area contributed by atoms with E-state index in [0.29, 0.717) is 18.8 Å². The van der Waals surface area contributed by atoms with Crippen LogP contribution in [0.25, 0.3) is 0 Å². The van der Waals surface area contributed by atoms with Gasteiger partial charge in [-0.1, -0.05) is 5.16 Å². The Kier molecular flexibility index (Phi) is 3.90. The fourth-order valence-electron chi connectivity index (χ4n) is 3.70. The van der Waals surface area contributed by atoms with E-state index in [0.717, 1.165) is 42.9 Å². The van der Waals surface area contributed by atoms with Crippen molar-refractivity contribution in [2.45, 2.75) is 58.3 Å². The lowest BCUT2D eigenvalue weighted by Gasteiger charge is -2.20. The smallest absolute Gasteiger partial charge is 0.222 e. The molecule has 128 valence electrons. The Labute approximate surface area is 141 Å². The van der Waals surface area contributed by atoms with Gasteiger partial charge in [0.15, 0.2) is 0 Å². The second-order valence-corrected chi connectivity index (χ2v) is 7.02. The number of aryl methyl sites for hydroxylation is 2. The summed E-state index contributed by atoms with van der Waals surface area (Å²) in [6.07, 6.45) is 5.55. The molecule has 0 saturated heterocycles. The second kappa shape index (κ2) is 6.07. The van der Waals surface area contributed by atoms with Gasteiger partial charge in [0.1, 0.15) is 5.76 Å². The third-order valence-corrected chi connectivity index (χ3v) is 5.34. The van der Waals surface area contributed by atoms with Gasteiger partial charge >= 0.3 is 0 Å². The lowest BCUT2D eigenvalue weighted by molar-refractivity contribution is -0.131. The molecular formula is C18H24N4O2. The molecule has 4 rings (SSSR count). The highest BCUT2D eigenvalue weighted by molar-refractivity contribution is 5.76. The molecule has 6 nitrogen and oxygen atoms in total. The van der Waals surface area contributed by atoms with Crippen molar-refractivity contribution in [3.8, 4) is 0 Å². The minimum atomic E-state index is 0.223. The largest absolute Gasteiger partial charge is 0.361 e. The average Bonchev–Trinajstić information content (AvgIpc) is 3.31. The number of fused-ring (bicyclic) bond motifs is 1. The van der Waals surface area contributed by atoms with E-state index in [9.17, 15) is 4.79 Å². The first-order valence-corrected chi connectivity index (χ1v) is 8.89. The zero-order valence-corrected chi connectivity index (χ0v) is 14.4. The molecule has 3 heterocycles. The monoisotopic (exact) mass is 328 g/mol. The number of nitrogens with one attached hydrogen (secondary N) is 1. The molecule has 1 amide bonds. The number of carbonyl (C=O) groups is 1. The van der Waals surface area contributed by atoms with Crippen molar-refractivity contribution in [2.24, 2.45) is 0 Å². The first-order valence-electron chi connectivity index (χ1n) is 8.89. The van der Waals surface area contributed by atoms with E-state index in [-0.39, 0.29) is 5.91 Å². The topological polar surface area (TPSA) is 75.0 Å². The Bertz CT molecular complexity index is 738. The molecule has 6 heteroatoms. The van der Waals surface area contributed by atoms with Crippen molar-refractivity contribution < 1.29 is 9.32 Å². The van der Waals surface area contributed by atoms with Crippen LogP contribution in [-0.4, -0.2) is 39.3 Å². The maximum absolute atomic E-state index is 12.6. The van der Waals surface area contributed by atoms with E-state index < -0.39 is 0 Å². The molecule has 1 saturated carbocycles. The molecule has 0 atom stereocenters. The third-order valence-electron chi connectivity index (χ3n) is 5.34. The Hall–Kier alpha value is -2.11. The van der Waals surface area contributed by atoms with E-state index in [2.05, 4.69) is 15.4 Å². The molecule has 0 aromatic carbocycles. The highest BCUT2D eigenvalue weighted by Crippen LogP contribution is 2.41. The second-order valence-electron chi connectivity index (χ2n) is 7.02. The van der Waals surface area contributed by atoms with Crippen LogP contribution in [0.15, 0.2) is 4.52 Å². The molecular weight excluding hydrogens is 304 g/mol. The molecule has 0 unspecified atom stereocenters. The summed E-state index contributed by atoms with van der Waals surface area (Å²) in [7, 11) is 0. The zero-order valence-electron chi connectivity index (χ0n) is 14.4. The summed E-state index contributed by atoms with van der Waals surface area (Å²) < 4.78 is 5.18. The van der Waals surface area contributed by atoms with Crippen molar-refractivity contribution in [1.29, 1.82) is 0 Å². The van der Waals surface area contributed by atoms with Crippen LogP contribution >= 0.6 is 0 Å². The molecule has 0 radical (unpaired) electrons. The van der Waals surface area contributed by atoms with Crippen LogP contribution in [0.5, 0.6) is 0 Å². The maximum Gasteiger partial charge on any atom is 0.222 e. The predicted octanol–water partition coefficient (Wildman–Crippen LogP) is 2.45. The first kappa shape index (κ1) is 15.4. The van der Waals surface area contributed by atoms with E-state index >= 15 is 0 Å². The lowest BCUT2D eigenvalue weighted by atomic mass is 10.1. The van der Waals surface area contributed by atoms with Gasteiger partial charge in [0, 0.05) is 43.1 Å². The molecule has 1 aliphatic heterocycles. The zero-order chi connectivity index (χ0) is 16.7. The van der Waals surface area contributed by atoms with Gasteiger partial charge in [0.25, 0.3) is 0 Å². The summed E-state index contributed by atoms with van der Waals surface area (Å²) in [4.78, 5) is 14.6. The van der Waals surface area contributed by atoms with E-state index in [4.69, 9.17) is 4.52 Å². The van der Waals surface area contributed by atoms with E-state index in [1.807, 2.05) is 18.7 Å². The number of H-pyrrole nitrogens is 1. The van der Waals surface area contributed by atoms with Crippen LogP contribution in [0, 0.1) is 13.8 Å². The van der Waals surface area contributed by atoms with Gasteiger partial charge in [-0.2, -0.15) is 5.10 Å². The van der Waals surface area contributed by atoms with Crippen LogP contribution in [0.3, 0.4) is 0 Å². The Morgan fingerprint density at radius 2 is 2.08 bits per heavy atom. The fourth-order valence-corrected chi connectivity index (χ4v) is 3.70. The van der Waals surface area contributed by atoms with Gasteiger partial charge in [-0.15, -0.1) is 0 Å². The van der Waals surface area contributed by atoms with Crippen LogP contribution in [0.1, 0.15) is 59.1 Å². The van der Waals surface area contributed by atoms with Gasteiger partial charge in [0.05, 0.1) is 11.4 Å². The molecule has 2 aliphatic rings. The van der Waals surface area contributed by atoms with Crippen LogP contribution in [0.2, 0.25) is 0 Å². The lowest BCUT2D eigenvalue weighted by Crippen LogP contribution is -2.33. The quantitative estimate of drug-likeness (QED) is 0.935. The molecule has 24 heavy (non-hydrogen) atoms. The molecule has 1 fully saturated rings. The fraction of sp³-hybridized carbons (Fsp3) is 0.611. The summed E-state index contributed by atoms with van der Waals surface area (Å²) in [5.41, 5.74) is 5.83. The van der Waals surface area contributed by atoms with Gasteiger partial charge in [0.2, 0.25) is 5.91 Å². The molecule has 1 N–H and O–H groups in total. The van der Waals surface area contributed by atoms with Gasteiger partial charge in [-0.3, -0.25) is 9.89 Å². The van der Waals surface area contributed by atoms with Crippen molar-refractivity contribution in [2.75, 3.05) is 13.1 Å². The van der Waals surface area contributed by atoms with Crippen LogP contribution < -0.4 is 0 Å². The maximum atomic E-state index is 12.6. The molecule has 0 spiro atoms. The normalized spacial score (nSPS) is 17.7. The first-order chi connectivity index (χ1) is 11.6. The van der Waals surface area contributed by atoms with Gasteiger partial charge < -0.3 is 9.42 Å². The van der Waals surface area contributed by atoms with E-state index in [1.54, 1.807) is 0 Å². The van der Waals surface area contributed by atoms with E-state index in [1.165, 1.54) is 29.8 Å². The molecule has 2 aromatic rings. The highest BCUT2D eigenvalue weighted by Gasteiger charge is 2.31. The summed E-state index contributed by atoms with van der Waals surface area (Å²) in [6.45, 7) is 5.41. The standard InChI is InChI=1S/C18H24N4O2/c1-11-14(12(2)24-21-11)5-6-17(23)22-9-7-15-16(8-10-22)19-20-18(15)13-3-4-13/h13H,3-10H2,1-2H3,(H,19,20). The van der Waals surface area contributed by atoms with Crippen LogP contribution in [-0.2, 0) is 24.1 Å².